The first-order valence-electron chi connectivity index (χ1n) is 3.33. The van der Waals surface area contributed by atoms with Crippen molar-refractivity contribution in [3.05, 3.63) is 21.9 Å². The summed E-state index contributed by atoms with van der Waals surface area (Å²) in [5, 5.41) is -0.113. The summed E-state index contributed by atoms with van der Waals surface area (Å²) < 4.78 is 23.4. The Balaban J connectivity index is 3.25. The molecule has 1 rings (SSSR count). The molecule has 14 heavy (non-hydrogen) atoms. The van der Waals surface area contributed by atoms with E-state index in [1.54, 1.807) is 0 Å². The number of halogens is 2. The molecular weight excluding hydrogens is 296 g/mol. The number of rotatable bonds is 3. The van der Waals surface area contributed by atoms with E-state index in [9.17, 15) is 8.42 Å². The van der Waals surface area contributed by atoms with Crippen LogP contribution >= 0.6 is 27.5 Å². The summed E-state index contributed by atoms with van der Waals surface area (Å²) >= 11 is 8.70. The normalized spacial score (nSPS) is 11.6. The number of hydrogen-bond donors (Lipinski definition) is 1. The average Bonchev–Trinajstić information content (AvgIpc) is 2.09. The van der Waals surface area contributed by atoms with Crippen LogP contribution in [0.15, 0.2) is 21.6 Å². The topological polar surface area (TPSA) is 68.3 Å². The van der Waals surface area contributed by atoms with Crippen molar-refractivity contribution < 1.29 is 13.3 Å². The Bertz CT molecular complexity index is 437. The predicted octanol–water partition coefficient (Wildman–Crippen LogP) is 1.34. The molecule has 0 spiro atoms. The minimum Gasteiger partial charge on any atom is -0.290 e. The van der Waals surface area contributed by atoms with Crippen molar-refractivity contribution in [1.82, 2.24) is 9.87 Å². The van der Waals surface area contributed by atoms with Crippen molar-refractivity contribution in [2.24, 2.45) is 0 Å². The Kier molecular flexibility index (Phi) is 3.85. The lowest BCUT2D eigenvalue weighted by atomic mass is 10.5. The molecule has 0 aliphatic rings. The maximum atomic E-state index is 11.4. The minimum atomic E-state index is -3.76. The minimum absolute atomic E-state index is 0.113. The summed E-state index contributed by atoms with van der Waals surface area (Å²) in [5.74, 6) is 0. The maximum Gasteiger partial charge on any atom is 0.265 e. The van der Waals surface area contributed by atoms with Crippen LogP contribution in [0.3, 0.4) is 0 Å². The molecule has 1 N–H and O–H groups in total. The van der Waals surface area contributed by atoms with Gasteiger partial charge in [-0.15, -0.1) is 0 Å². The van der Waals surface area contributed by atoms with E-state index in [2.05, 4.69) is 25.8 Å². The number of sulfonamides is 1. The summed E-state index contributed by atoms with van der Waals surface area (Å²) in [6.45, 7) is 0. The molecular formula is C6H6BrClN2O3S. The van der Waals surface area contributed by atoms with Crippen molar-refractivity contribution >= 4 is 37.6 Å². The van der Waals surface area contributed by atoms with E-state index in [4.69, 9.17) is 11.6 Å². The molecule has 0 amide bonds. The largest absolute Gasteiger partial charge is 0.290 e. The molecule has 1 aromatic heterocycles. The zero-order chi connectivity index (χ0) is 10.8. The van der Waals surface area contributed by atoms with E-state index in [0.29, 0.717) is 4.47 Å². The van der Waals surface area contributed by atoms with Crippen LogP contribution in [0.2, 0.25) is 5.15 Å². The lowest BCUT2D eigenvalue weighted by Crippen LogP contribution is -2.22. The Morgan fingerprint density at radius 3 is 2.86 bits per heavy atom. The van der Waals surface area contributed by atoms with Gasteiger partial charge in [0.15, 0.2) is 0 Å². The molecule has 0 aliphatic carbocycles. The summed E-state index contributed by atoms with van der Waals surface area (Å²) in [7, 11) is -2.57. The van der Waals surface area contributed by atoms with Gasteiger partial charge in [-0.1, -0.05) is 16.5 Å². The van der Waals surface area contributed by atoms with Gasteiger partial charge in [-0.05, 0) is 22.0 Å². The molecule has 5 nitrogen and oxygen atoms in total. The van der Waals surface area contributed by atoms with E-state index in [-0.39, 0.29) is 10.0 Å². The third-order valence-electron chi connectivity index (χ3n) is 1.26. The monoisotopic (exact) mass is 300 g/mol. The third-order valence-corrected chi connectivity index (χ3v) is 3.38. The first kappa shape index (κ1) is 11.9. The molecule has 78 valence electrons. The molecule has 8 heteroatoms. The van der Waals surface area contributed by atoms with Crippen LogP contribution in [-0.4, -0.2) is 20.5 Å². The lowest BCUT2D eigenvalue weighted by molar-refractivity contribution is 0.153. The van der Waals surface area contributed by atoms with Crippen molar-refractivity contribution in [1.29, 1.82) is 0 Å². The van der Waals surface area contributed by atoms with Crippen molar-refractivity contribution in [3.8, 4) is 0 Å². The van der Waals surface area contributed by atoms with Crippen molar-refractivity contribution in [2.45, 2.75) is 4.90 Å². The van der Waals surface area contributed by atoms with Crippen LogP contribution < -0.4 is 4.89 Å². The van der Waals surface area contributed by atoms with Gasteiger partial charge in [-0.2, -0.15) is 0 Å². The second-order valence-corrected chi connectivity index (χ2v) is 5.12. The van der Waals surface area contributed by atoms with E-state index in [1.165, 1.54) is 19.4 Å². The molecule has 1 heterocycles. The van der Waals surface area contributed by atoms with Gasteiger partial charge in [0.2, 0.25) is 0 Å². The van der Waals surface area contributed by atoms with Gasteiger partial charge < -0.3 is 0 Å². The van der Waals surface area contributed by atoms with Gasteiger partial charge in [0, 0.05) is 10.7 Å². The Morgan fingerprint density at radius 2 is 2.29 bits per heavy atom. The summed E-state index contributed by atoms with van der Waals surface area (Å²) in [6, 6.07) is 1.33. The zero-order valence-electron chi connectivity index (χ0n) is 6.99. The Hall–Kier alpha value is -0.210. The van der Waals surface area contributed by atoms with Gasteiger partial charge in [0.25, 0.3) is 10.0 Å². The van der Waals surface area contributed by atoms with Crippen LogP contribution in [0.25, 0.3) is 0 Å². The fraction of sp³-hybridized carbons (Fsp3) is 0.167. The highest BCUT2D eigenvalue weighted by Gasteiger charge is 2.18. The van der Waals surface area contributed by atoms with Gasteiger partial charge in [-0.25, -0.2) is 13.4 Å². The molecule has 0 bridgehead atoms. The first-order chi connectivity index (χ1) is 6.47. The fourth-order valence-corrected chi connectivity index (χ4v) is 2.50. The molecule has 0 saturated heterocycles. The number of nitrogens with one attached hydrogen (secondary N) is 1. The Labute approximate surface area is 94.6 Å². The van der Waals surface area contributed by atoms with Crippen LogP contribution in [0.4, 0.5) is 0 Å². The first-order valence-corrected chi connectivity index (χ1v) is 5.98. The molecule has 0 radical (unpaired) electrons. The summed E-state index contributed by atoms with van der Waals surface area (Å²) in [4.78, 5) is 9.68. The highest BCUT2D eigenvalue weighted by molar-refractivity contribution is 9.10. The predicted molar refractivity (Wildman–Crippen MR) is 54.3 cm³/mol. The molecule has 0 unspecified atom stereocenters. The van der Waals surface area contributed by atoms with Gasteiger partial charge >= 0.3 is 0 Å². The van der Waals surface area contributed by atoms with Gasteiger partial charge in [-0.3, -0.25) is 4.84 Å². The third kappa shape index (κ3) is 2.64. The van der Waals surface area contributed by atoms with Crippen molar-refractivity contribution in [2.75, 3.05) is 7.11 Å². The number of pyridine rings is 1. The summed E-state index contributed by atoms with van der Waals surface area (Å²) in [6.07, 6.45) is 1.40. The van der Waals surface area contributed by atoms with Crippen molar-refractivity contribution in [3.63, 3.8) is 0 Å². The number of aromatic nitrogens is 1. The standard InChI is InChI=1S/C6H6BrClN2O3S/c1-13-10-14(11,12)5-2-4(7)3-9-6(5)8/h2-3,10H,1H3. The molecule has 1 aromatic rings. The van der Waals surface area contributed by atoms with Gasteiger partial charge in [0.1, 0.15) is 10.0 Å². The van der Waals surface area contributed by atoms with E-state index in [1.807, 2.05) is 4.89 Å². The highest BCUT2D eigenvalue weighted by Crippen LogP contribution is 2.22. The van der Waals surface area contributed by atoms with Gasteiger partial charge in [0.05, 0.1) is 7.11 Å². The van der Waals surface area contributed by atoms with Crippen LogP contribution in [-0.2, 0) is 14.9 Å². The zero-order valence-corrected chi connectivity index (χ0v) is 10.1. The highest BCUT2D eigenvalue weighted by atomic mass is 79.9. The molecule has 0 fully saturated rings. The average molecular weight is 302 g/mol. The molecule has 0 aliphatic heterocycles. The summed E-state index contributed by atoms with van der Waals surface area (Å²) in [5.41, 5.74) is 0. The number of hydrogen-bond acceptors (Lipinski definition) is 4. The second-order valence-electron chi connectivity index (χ2n) is 2.23. The smallest absolute Gasteiger partial charge is 0.265 e. The van der Waals surface area contributed by atoms with E-state index in [0.717, 1.165) is 0 Å². The Morgan fingerprint density at radius 1 is 1.64 bits per heavy atom. The molecule has 0 saturated carbocycles. The van der Waals surface area contributed by atoms with E-state index >= 15 is 0 Å². The SMILES string of the molecule is CONS(=O)(=O)c1cc(Br)cnc1Cl. The fourth-order valence-electron chi connectivity index (χ4n) is 0.747. The second kappa shape index (κ2) is 4.54. The quantitative estimate of drug-likeness (QED) is 0.676. The number of nitrogens with zero attached hydrogens (tertiary/aromatic N) is 1. The molecule has 0 aromatic carbocycles. The van der Waals surface area contributed by atoms with Crippen LogP contribution in [0, 0.1) is 0 Å². The molecule has 0 atom stereocenters. The van der Waals surface area contributed by atoms with Crippen LogP contribution in [0.5, 0.6) is 0 Å². The maximum absolute atomic E-state index is 11.4. The lowest BCUT2D eigenvalue weighted by Gasteiger charge is -2.05. The van der Waals surface area contributed by atoms with E-state index < -0.39 is 10.0 Å². The van der Waals surface area contributed by atoms with Crippen LogP contribution in [0.1, 0.15) is 0 Å².